The molecule has 6 heteroatoms. The highest BCUT2D eigenvalue weighted by atomic mass is 19.4. The summed E-state index contributed by atoms with van der Waals surface area (Å²) in [4.78, 5) is 6.07. The Labute approximate surface area is 126 Å². The summed E-state index contributed by atoms with van der Waals surface area (Å²) >= 11 is 0. The molecule has 2 unspecified atom stereocenters. The third kappa shape index (κ3) is 2.75. The molecule has 1 fully saturated rings. The smallest absolute Gasteiger partial charge is 0.391 e. The molecule has 118 valence electrons. The van der Waals surface area contributed by atoms with Crippen LogP contribution in [0.1, 0.15) is 18.9 Å². The van der Waals surface area contributed by atoms with Crippen molar-refractivity contribution in [2.24, 2.45) is 5.92 Å². The number of halogens is 3. The lowest BCUT2D eigenvalue weighted by atomic mass is 9.95. The molecular formula is C16H17F3N2O. The number of rotatable bonds is 1. The molecule has 1 N–H and O–H groups in total. The van der Waals surface area contributed by atoms with Crippen LogP contribution >= 0.6 is 0 Å². The van der Waals surface area contributed by atoms with Gasteiger partial charge in [-0.2, -0.15) is 13.2 Å². The van der Waals surface area contributed by atoms with Crippen LogP contribution < -0.4 is 4.90 Å². The van der Waals surface area contributed by atoms with Crippen molar-refractivity contribution in [1.29, 1.82) is 0 Å². The normalized spacial score (nSPS) is 23.0. The average molecular weight is 310 g/mol. The van der Waals surface area contributed by atoms with Gasteiger partial charge in [-0.25, -0.2) is 0 Å². The molecule has 3 rings (SSSR count). The lowest BCUT2D eigenvalue weighted by molar-refractivity contribution is -0.137. The minimum Gasteiger partial charge on any atom is -0.391 e. The predicted octanol–water partition coefficient (Wildman–Crippen LogP) is 3.46. The van der Waals surface area contributed by atoms with Gasteiger partial charge in [0.2, 0.25) is 0 Å². The fourth-order valence-corrected chi connectivity index (χ4v) is 2.85. The molecule has 2 atom stereocenters. The first-order chi connectivity index (χ1) is 10.4. The number of anilines is 1. The molecule has 3 nitrogen and oxygen atoms in total. The number of benzene rings is 1. The van der Waals surface area contributed by atoms with E-state index in [4.69, 9.17) is 0 Å². The maximum absolute atomic E-state index is 12.8. The van der Waals surface area contributed by atoms with Gasteiger partial charge >= 0.3 is 6.18 Å². The second-order valence-electron chi connectivity index (χ2n) is 5.84. The zero-order valence-electron chi connectivity index (χ0n) is 12.1. The highest BCUT2D eigenvalue weighted by Gasteiger charge is 2.31. The van der Waals surface area contributed by atoms with Gasteiger partial charge in [-0.05, 0) is 30.5 Å². The van der Waals surface area contributed by atoms with E-state index in [1.807, 2.05) is 11.8 Å². The van der Waals surface area contributed by atoms with Crippen molar-refractivity contribution in [2.75, 3.05) is 18.0 Å². The molecule has 0 aliphatic carbocycles. The Bertz CT molecular complexity index is 687. The van der Waals surface area contributed by atoms with Gasteiger partial charge in [0.25, 0.3) is 0 Å². The molecule has 2 aromatic rings. The van der Waals surface area contributed by atoms with Crippen molar-refractivity contribution in [3.05, 3.63) is 36.0 Å². The Kier molecular flexibility index (Phi) is 3.72. The zero-order valence-corrected chi connectivity index (χ0v) is 12.1. The summed E-state index contributed by atoms with van der Waals surface area (Å²) in [5.41, 5.74) is 0.446. The van der Waals surface area contributed by atoms with E-state index in [-0.39, 0.29) is 5.92 Å². The summed E-state index contributed by atoms with van der Waals surface area (Å²) in [5.74, 6) is 0.237. The molecule has 0 saturated carbocycles. The Morgan fingerprint density at radius 3 is 2.73 bits per heavy atom. The number of pyridine rings is 1. The van der Waals surface area contributed by atoms with Crippen LogP contribution in [-0.4, -0.2) is 29.3 Å². The van der Waals surface area contributed by atoms with Gasteiger partial charge in [0, 0.05) is 30.4 Å². The van der Waals surface area contributed by atoms with Crippen molar-refractivity contribution in [3.63, 3.8) is 0 Å². The molecule has 1 saturated heterocycles. The molecule has 22 heavy (non-hydrogen) atoms. The maximum Gasteiger partial charge on any atom is 0.416 e. The summed E-state index contributed by atoms with van der Waals surface area (Å²) < 4.78 is 38.4. The summed E-state index contributed by atoms with van der Waals surface area (Å²) in [7, 11) is 0. The van der Waals surface area contributed by atoms with Crippen molar-refractivity contribution in [3.8, 4) is 0 Å². The number of fused-ring (bicyclic) bond motifs is 1. The SMILES string of the molecule is CC1CCN(c2ccnc3cc(C(F)(F)F)ccc23)CC1O. The van der Waals surface area contributed by atoms with Crippen molar-refractivity contribution in [2.45, 2.75) is 25.6 Å². The Morgan fingerprint density at radius 2 is 2.05 bits per heavy atom. The Balaban J connectivity index is 2.01. The fraction of sp³-hybridized carbons (Fsp3) is 0.438. The van der Waals surface area contributed by atoms with Crippen LogP contribution in [-0.2, 0) is 6.18 Å². The number of aliphatic hydroxyl groups excluding tert-OH is 1. The van der Waals surface area contributed by atoms with Crippen molar-refractivity contribution in [1.82, 2.24) is 4.98 Å². The van der Waals surface area contributed by atoms with Gasteiger partial charge in [-0.15, -0.1) is 0 Å². The lowest BCUT2D eigenvalue weighted by Crippen LogP contribution is -2.43. The topological polar surface area (TPSA) is 36.4 Å². The monoisotopic (exact) mass is 310 g/mol. The van der Waals surface area contributed by atoms with E-state index in [0.29, 0.717) is 17.4 Å². The number of hydrogen-bond acceptors (Lipinski definition) is 3. The van der Waals surface area contributed by atoms with Crippen LogP contribution in [0.25, 0.3) is 10.9 Å². The molecule has 0 spiro atoms. The van der Waals surface area contributed by atoms with Crippen LogP contribution in [0.15, 0.2) is 30.5 Å². The first-order valence-electron chi connectivity index (χ1n) is 7.25. The van der Waals surface area contributed by atoms with Crippen LogP contribution in [0.2, 0.25) is 0 Å². The number of nitrogens with zero attached hydrogens (tertiary/aromatic N) is 2. The number of β-amino-alcohol motifs (C(OH)–C–C–N with tert-alkyl or cyclic N) is 1. The minimum atomic E-state index is -4.37. The fourth-order valence-electron chi connectivity index (χ4n) is 2.85. The average Bonchev–Trinajstić information content (AvgIpc) is 2.48. The van der Waals surface area contributed by atoms with Crippen LogP contribution in [0.3, 0.4) is 0 Å². The summed E-state index contributed by atoms with van der Waals surface area (Å²) in [6, 6.07) is 5.40. The highest BCUT2D eigenvalue weighted by molar-refractivity contribution is 5.92. The second kappa shape index (κ2) is 5.43. The number of alkyl halides is 3. The molecule has 1 aliphatic heterocycles. The molecule has 0 radical (unpaired) electrons. The maximum atomic E-state index is 12.8. The molecule has 1 aromatic heterocycles. The van der Waals surface area contributed by atoms with Crippen LogP contribution in [0, 0.1) is 5.92 Å². The van der Waals surface area contributed by atoms with Crippen LogP contribution in [0.4, 0.5) is 18.9 Å². The van der Waals surface area contributed by atoms with Gasteiger partial charge in [-0.1, -0.05) is 13.0 Å². The first kappa shape index (κ1) is 15.1. The molecule has 2 heterocycles. The first-order valence-corrected chi connectivity index (χ1v) is 7.25. The predicted molar refractivity (Wildman–Crippen MR) is 78.7 cm³/mol. The van der Waals surface area contributed by atoms with E-state index in [0.717, 1.165) is 30.8 Å². The third-order valence-corrected chi connectivity index (χ3v) is 4.31. The summed E-state index contributed by atoms with van der Waals surface area (Å²) in [6.07, 6.45) is -2.43. The minimum absolute atomic E-state index is 0.237. The van der Waals surface area contributed by atoms with E-state index < -0.39 is 17.8 Å². The highest BCUT2D eigenvalue weighted by Crippen LogP contribution is 2.34. The molecule has 0 amide bonds. The number of aromatic nitrogens is 1. The third-order valence-electron chi connectivity index (χ3n) is 4.31. The van der Waals surface area contributed by atoms with Gasteiger partial charge in [0.1, 0.15) is 0 Å². The Hall–Kier alpha value is -1.82. The standard InChI is InChI=1S/C16H17F3N2O/c1-10-5-7-21(9-15(10)22)14-4-6-20-13-8-11(16(17,18)19)2-3-12(13)14/h2-4,6,8,10,15,22H,5,7,9H2,1H3. The molecule has 1 aromatic carbocycles. The van der Waals surface area contributed by atoms with Gasteiger partial charge in [0.15, 0.2) is 0 Å². The van der Waals surface area contributed by atoms with Gasteiger partial charge in [-0.3, -0.25) is 4.98 Å². The number of piperidine rings is 1. The van der Waals surface area contributed by atoms with E-state index >= 15 is 0 Å². The van der Waals surface area contributed by atoms with Crippen LogP contribution in [0.5, 0.6) is 0 Å². The second-order valence-corrected chi connectivity index (χ2v) is 5.84. The summed E-state index contributed by atoms with van der Waals surface area (Å²) in [6.45, 7) is 3.27. The molecular weight excluding hydrogens is 293 g/mol. The number of hydrogen-bond donors (Lipinski definition) is 1. The van der Waals surface area contributed by atoms with Crippen molar-refractivity contribution < 1.29 is 18.3 Å². The number of aliphatic hydroxyl groups is 1. The molecule has 0 bridgehead atoms. The largest absolute Gasteiger partial charge is 0.416 e. The van der Waals surface area contributed by atoms with Crippen molar-refractivity contribution >= 4 is 16.6 Å². The van der Waals surface area contributed by atoms with E-state index in [9.17, 15) is 18.3 Å². The lowest BCUT2D eigenvalue weighted by Gasteiger charge is -2.36. The van der Waals surface area contributed by atoms with Gasteiger partial charge in [0.05, 0.1) is 17.2 Å². The molecule has 1 aliphatic rings. The van der Waals surface area contributed by atoms with E-state index in [2.05, 4.69) is 4.98 Å². The van der Waals surface area contributed by atoms with E-state index in [1.165, 1.54) is 12.3 Å². The quantitative estimate of drug-likeness (QED) is 0.876. The summed E-state index contributed by atoms with van der Waals surface area (Å²) in [5, 5.41) is 10.7. The zero-order chi connectivity index (χ0) is 15.9. The van der Waals surface area contributed by atoms with Gasteiger partial charge < -0.3 is 10.0 Å². The Morgan fingerprint density at radius 1 is 1.27 bits per heavy atom. The van der Waals surface area contributed by atoms with E-state index in [1.54, 1.807) is 6.07 Å².